The zero-order chi connectivity index (χ0) is 23.1. The molecule has 4 rings (SSSR count). The van der Waals surface area contributed by atoms with Gasteiger partial charge in [-0.05, 0) is 54.8 Å². The fourth-order valence-electron chi connectivity index (χ4n) is 3.48. The Morgan fingerprint density at radius 1 is 0.938 bits per heavy atom. The molecule has 3 aromatic rings. The lowest BCUT2D eigenvalue weighted by molar-refractivity contribution is -0.144. The minimum absolute atomic E-state index is 0.130. The number of alkyl halides is 6. The van der Waals surface area contributed by atoms with Gasteiger partial charge in [-0.3, -0.25) is 0 Å². The topological polar surface area (TPSA) is 57.4 Å². The lowest BCUT2D eigenvalue weighted by atomic mass is 9.92. The van der Waals surface area contributed by atoms with Crippen molar-refractivity contribution in [3.05, 3.63) is 77.0 Å². The average molecular weight is 454 g/mol. The zero-order valence-electron chi connectivity index (χ0n) is 16.3. The molecule has 1 aliphatic rings. The monoisotopic (exact) mass is 454 g/mol. The first-order chi connectivity index (χ1) is 15.0. The van der Waals surface area contributed by atoms with Gasteiger partial charge in [0.25, 0.3) is 0 Å². The van der Waals surface area contributed by atoms with Crippen molar-refractivity contribution in [2.75, 3.05) is 5.73 Å². The molecule has 0 radical (unpaired) electrons. The molecule has 0 saturated carbocycles. The lowest BCUT2D eigenvalue weighted by Crippen LogP contribution is -2.21. The van der Waals surface area contributed by atoms with E-state index in [2.05, 4.69) is 4.98 Å². The van der Waals surface area contributed by atoms with Gasteiger partial charge in [-0.1, -0.05) is 6.07 Å². The summed E-state index contributed by atoms with van der Waals surface area (Å²) in [6.45, 7) is 0. The van der Waals surface area contributed by atoms with Crippen LogP contribution in [0.2, 0.25) is 0 Å². The van der Waals surface area contributed by atoms with E-state index < -0.39 is 29.6 Å². The summed E-state index contributed by atoms with van der Waals surface area (Å²) in [4.78, 5) is 4.03. The van der Waals surface area contributed by atoms with E-state index in [1.54, 1.807) is 30.3 Å². The number of aromatic nitrogens is 1. The second-order valence-electron chi connectivity index (χ2n) is 7.24. The molecule has 1 aliphatic heterocycles. The predicted octanol–water partition coefficient (Wildman–Crippen LogP) is 6.56. The average Bonchev–Trinajstić information content (AvgIpc) is 2.73. The van der Waals surface area contributed by atoms with Gasteiger partial charge in [-0.25, -0.2) is 4.98 Å². The lowest BCUT2D eigenvalue weighted by Gasteiger charge is -2.29. The third kappa shape index (κ3) is 4.58. The minimum Gasteiger partial charge on any atom is -0.485 e. The number of fused-ring (bicyclic) bond motifs is 1. The summed E-state index contributed by atoms with van der Waals surface area (Å²) in [5.74, 6) is 1.11. The molecular formula is C22H16F6N2O2. The number of nitrogens with two attached hydrogens (primary N) is 1. The highest BCUT2D eigenvalue weighted by atomic mass is 19.4. The van der Waals surface area contributed by atoms with E-state index in [0.29, 0.717) is 41.1 Å². The maximum atomic E-state index is 13.5. The first-order valence-corrected chi connectivity index (χ1v) is 9.48. The Kier molecular flexibility index (Phi) is 5.39. The van der Waals surface area contributed by atoms with Crippen LogP contribution in [0.3, 0.4) is 0 Å². The van der Waals surface area contributed by atoms with E-state index in [1.165, 1.54) is 6.20 Å². The number of nitrogen functional groups attached to an aromatic ring is 1. The molecule has 0 saturated heterocycles. The quantitative estimate of drug-likeness (QED) is 0.456. The van der Waals surface area contributed by atoms with Gasteiger partial charge in [0.2, 0.25) is 5.88 Å². The zero-order valence-corrected chi connectivity index (χ0v) is 16.3. The number of benzene rings is 2. The van der Waals surface area contributed by atoms with Crippen LogP contribution in [0, 0.1) is 0 Å². The molecule has 0 amide bonds. The molecule has 2 aromatic carbocycles. The number of anilines is 1. The maximum absolute atomic E-state index is 13.5. The number of halogens is 6. The molecule has 0 spiro atoms. The Bertz CT molecular complexity index is 1130. The Hall–Kier alpha value is -3.43. The number of rotatable bonds is 3. The summed E-state index contributed by atoms with van der Waals surface area (Å²) in [7, 11) is 0. The van der Waals surface area contributed by atoms with E-state index >= 15 is 0 Å². The van der Waals surface area contributed by atoms with Crippen molar-refractivity contribution in [3.8, 4) is 17.4 Å². The molecule has 4 nitrogen and oxygen atoms in total. The molecule has 1 unspecified atom stereocenters. The molecule has 0 bridgehead atoms. The van der Waals surface area contributed by atoms with Crippen molar-refractivity contribution in [1.82, 2.24) is 4.98 Å². The van der Waals surface area contributed by atoms with Crippen LogP contribution in [-0.4, -0.2) is 4.98 Å². The second-order valence-corrected chi connectivity index (χ2v) is 7.24. The highest BCUT2D eigenvalue weighted by molar-refractivity contribution is 5.45. The number of hydrogen-bond donors (Lipinski definition) is 1. The van der Waals surface area contributed by atoms with Crippen LogP contribution in [0.5, 0.6) is 17.4 Å². The number of hydrogen-bond acceptors (Lipinski definition) is 4. The van der Waals surface area contributed by atoms with Crippen molar-refractivity contribution in [3.63, 3.8) is 0 Å². The second kappa shape index (κ2) is 7.92. The Labute approximate surface area is 178 Å². The first kappa shape index (κ1) is 21.8. The normalized spacial score (nSPS) is 16.2. The van der Waals surface area contributed by atoms with Crippen molar-refractivity contribution in [2.45, 2.75) is 31.3 Å². The Morgan fingerprint density at radius 2 is 1.72 bits per heavy atom. The van der Waals surface area contributed by atoms with Gasteiger partial charge in [-0.15, -0.1) is 0 Å². The molecule has 2 N–H and O–H groups in total. The Balaban J connectivity index is 1.59. The number of ether oxygens (including phenoxy) is 2. The first-order valence-electron chi connectivity index (χ1n) is 9.48. The third-order valence-electron chi connectivity index (χ3n) is 4.99. The smallest absolute Gasteiger partial charge is 0.416 e. The van der Waals surface area contributed by atoms with Gasteiger partial charge in [-0.2, -0.15) is 26.3 Å². The highest BCUT2D eigenvalue weighted by Crippen LogP contribution is 2.43. The van der Waals surface area contributed by atoms with E-state index in [1.807, 2.05) is 0 Å². The van der Waals surface area contributed by atoms with Crippen LogP contribution < -0.4 is 15.2 Å². The molecule has 1 atom stereocenters. The molecule has 10 heteroatoms. The standard InChI is InChI=1S/C22H16F6N2O2/c23-21(24,25)13-2-5-16(17(10-13)22(26,27)28)19-6-1-12-9-15(4-7-18(12)32-19)31-20-8-3-14(29)11-30-20/h2-5,7-11,19H,1,6,29H2. The van der Waals surface area contributed by atoms with Crippen molar-refractivity contribution < 1.29 is 35.8 Å². The van der Waals surface area contributed by atoms with Gasteiger partial charge >= 0.3 is 12.4 Å². The molecule has 0 fully saturated rings. The SMILES string of the molecule is Nc1ccc(Oc2ccc3c(c2)CCC(c2ccc(C(F)(F)F)cc2C(F)(F)F)O3)nc1. The fraction of sp³-hybridized carbons (Fsp3) is 0.227. The number of pyridine rings is 1. The summed E-state index contributed by atoms with van der Waals surface area (Å²) in [5.41, 5.74) is 3.72. The molecule has 168 valence electrons. The summed E-state index contributed by atoms with van der Waals surface area (Å²) in [5, 5.41) is 0. The van der Waals surface area contributed by atoms with Crippen LogP contribution in [0.25, 0.3) is 0 Å². The van der Waals surface area contributed by atoms with Gasteiger partial charge < -0.3 is 15.2 Å². The summed E-state index contributed by atoms with van der Waals surface area (Å²) < 4.78 is 90.6. The van der Waals surface area contributed by atoms with Crippen molar-refractivity contribution >= 4 is 5.69 Å². The summed E-state index contributed by atoms with van der Waals surface area (Å²) in [6, 6.07) is 9.61. The minimum atomic E-state index is -4.95. The van der Waals surface area contributed by atoms with Crippen LogP contribution in [0.1, 0.15) is 34.8 Å². The van der Waals surface area contributed by atoms with Crippen molar-refractivity contribution in [1.29, 1.82) is 0 Å². The number of aryl methyl sites for hydroxylation is 1. The van der Waals surface area contributed by atoms with E-state index in [9.17, 15) is 26.3 Å². The highest BCUT2D eigenvalue weighted by Gasteiger charge is 2.40. The van der Waals surface area contributed by atoms with E-state index in [4.69, 9.17) is 15.2 Å². The van der Waals surface area contributed by atoms with Gasteiger partial charge in [0.1, 0.15) is 17.6 Å². The largest absolute Gasteiger partial charge is 0.485 e. The third-order valence-corrected chi connectivity index (χ3v) is 4.99. The molecule has 2 heterocycles. The van der Waals surface area contributed by atoms with E-state index in [-0.39, 0.29) is 18.1 Å². The fourth-order valence-corrected chi connectivity index (χ4v) is 3.48. The van der Waals surface area contributed by atoms with Crippen LogP contribution in [0.4, 0.5) is 32.0 Å². The number of nitrogens with zero attached hydrogens (tertiary/aromatic N) is 1. The Morgan fingerprint density at radius 3 is 2.38 bits per heavy atom. The predicted molar refractivity (Wildman–Crippen MR) is 103 cm³/mol. The molecular weight excluding hydrogens is 438 g/mol. The van der Waals surface area contributed by atoms with Gasteiger partial charge in [0.05, 0.1) is 23.0 Å². The molecule has 32 heavy (non-hydrogen) atoms. The van der Waals surface area contributed by atoms with Gasteiger partial charge in [0, 0.05) is 11.6 Å². The maximum Gasteiger partial charge on any atom is 0.416 e. The summed E-state index contributed by atoms with van der Waals surface area (Å²) >= 11 is 0. The van der Waals surface area contributed by atoms with Crippen molar-refractivity contribution in [2.24, 2.45) is 0 Å². The van der Waals surface area contributed by atoms with Crippen LogP contribution >= 0.6 is 0 Å². The van der Waals surface area contributed by atoms with E-state index in [0.717, 1.165) is 6.07 Å². The molecule has 0 aliphatic carbocycles. The van der Waals surface area contributed by atoms with Gasteiger partial charge in [0.15, 0.2) is 0 Å². The summed E-state index contributed by atoms with van der Waals surface area (Å²) in [6.07, 6.45) is -8.93. The van der Waals surface area contributed by atoms with Crippen LogP contribution in [-0.2, 0) is 18.8 Å². The molecule has 1 aromatic heterocycles. The van der Waals surface area contributed by atoms with Crippen LogP contribution in [0.15, 0.2) is 54.7 Å².